The molecule has 0 spiro atoms. The van der Waals surface area contributed by atoms with Gasteiger partial charge in [0.05, 0.1) is 12.5 Å². The van der Waals surface area contributed by atoms with Crippen molar-refractivity contribution in [2.45, 2.75) is 39.7 Å². The highest BCUT2D eigenvalue weighted by Gasteiger charge is 2.14. The van der Waals surface area contributed by atoms with Crippen molar-refractivity contribution in [3.8, 4) is 0 Å². The molecular weight excluding hydrogens is 394 g/mol. The largest absolute Gasteiger partial charge is 0.455 e. The maximum Gasteiger partial charge on any atom is 0.310 e. The Balaban J connectivity index is 1.83. The van der Waals surface area contributed by atoms with E-state index < -0.39 is 5.97 Å². The summed E-state index contributed by atoms with van der Waals surface area (Å²) in [6, 6.07) is 13.6. The van der Waals surface area contributed by atoms with Crippen LogP contribution in [0.4, 0.5) is 0 Å². The van der Waals surface area contributed by atoms with Gasteiger partial charge < -0.3 is 10.1 Å². The summed E-state index contributed by atoms with van der Waals surface area (Å²) in [4.78, 5) is 24.1. The van der Waals surface area contributed by atoms with Gasteiger partial charge in [-0.3, -0.25) is 9.59 Å². The van der Waals surface area contributed by atoms with Crippen LogP contribution in [0.1, 0.15) is 41.6 Å². The van der Waals surface area contributed by atoms with E-state index in [1.54, 1.807) is 0 Å². The zero-order chi connectivity index (χ0) is 19.1. The highest BCUT2D eigenvalue weighted by molar-refractivity contribution is 9.10. The van der Waals surface area contributed by atoms with Crippen LogP contribution in [0.25, 0.3) is 0 Å². The molecule has 4 nitrogen and oxygen atoms in total. The predicted octanol–water partition coefficient (Wildman–Crippen LogP) is 4.42. The lowest BCUT2D eigenvalue weighted by Gasteiger charge is -2.17. The van der Waals surface area contributed by atoms with Crippen molar-refractivity contribution in [1.29, 1.82) is 0 Å². The van der Waals surface area contributed by atoms with Crippen molar-refractivity contribution >= 4 is 27.8 Å². The molecule has 2 aromatic carbocycles. The van der Waals surface area contributed by atoms with Gasteiger partial charge in [0.2, 0.25) is 0 Å². The van der Waals surface area contributed by atoms with E-state index in [2.05, 4.69) is 21.2 Å². The third-order valence-electron chi connectivity index (χ3n) is 4.30. The number of rotatable bonds is 7. The van der Waals surface area contributed by atoms with E-state index >= 15 is 0 Å². The first-order valence-electron chi connectivity index (χ1n) is 8.65. The first-order valence-corrected chi connectivity index (χ1v) is 9.45. The average molecular weight is 418 g/mol. The fourth-order valence-electron chi connectivity index (χ4n) is 2.63. The number of nitrogens with one attached hydrogen (secondary N) is 1. The van der Waals surface area contributed by atoms with Crippen LogP contribution in [0.3, 0.4) is 0 Å². The first-order chi connectivity index (χ1) is 12.4. The molecule has 1 atom stereocenters. The third-order valence-corrected chi connectivity index (χ3v) is 4.83. The number of hydrogen-bond acceptors (Lipinski definition) is 3. The summed E-state index contributed by atoms with van der Waals surface area (Å²) in [7, 11) is 0. The van der Waals surface area contributed by atoms with Crippen LogP contribution in [0.5, 0.6) is 0 Å². The van der Waals surface area contributed by atoms with Crippen LogP contribution < -0.4 is 5.32 Å². The molecule has 0 aromatic heterocycles. The Kier molecular flexibility index (Phi) is 7.39. The van der Waals surface area contributed by atoms with Crippen LogP contribution in [0, 0.1) is 13.8 Å². The normalized spacial score (nSPS) is 11.7. The van der Waals surface area contributed by atoms with Gasteiger partial charge in [0, 0.05) is 4.47 Å². The maximum atomic E-state index is 12.1. The fraction of sp³-hybridized carbons (Fsp3) is 0.333. The van der Waals surface area contributed by atoms with Gasteiger partial charge in [0.25, 0.3) is 5.91 Å². The predicted molar refractivity (Wildman–Crippen MR) is 106 cm³/mol. The molecule has 2 rings (SSSR count). The molecule has 2 aromatic rings. The van der Waals surface area contributed by atoms with Gasteiger partial charge in [-0.2, -0.15) is 0 Å². The molecule has 138 valence electrons. The zero-order valence-electron chi connectivity index (χ0n) is 15.3. The second kappa shape index (κ2) is 9.53. The molecule has 5 heteroatoms. The molecule has 1 amide bonds. The van der Waals surface area contributed by atoms with Crippen molar-refractivity contribution in [3.63, 3.8) is 0 Å². The number of halogens is 1. The number of hydrogen-bond donors (Lipinski definition) is 1. The van der Waals surface area contributed by atoms with Crippen molar-refractivity contribution in [2.75, 3.05) is 6.61 Å². The van der Waals surface area contributed by atoms with E-state index in [0.717, 1.165) is 27.6 Å². The van der Waals surface area contributed by atoms with Crippen molar-refractivity contribution < 1.29 is 14.3 Å². The molecule has 0 bridgehead atoms. The van der Waals surface area contributed by atoms with Crippen molar-refractivity contribution in [3.05, 3.63) is 69.2 Å². The van der Waals surface area contributed by atoms with Crippen LogP contribution in [0.15, 0.2) is 46.9 Å². The van der Waals surface area contributed by atoms with E-state index in [0.29, 0.717) is 0 Å². The fourth-order valence-corrected chi connectivity index (χ4v) is 2.89. The number of carbonyl (C=O) groups is 2. The Morgan fingerprint density at radius 2 is 1.77 bits per heavy atom. The summed E-state index contributed by atoms with van der Waals surface area (Å²) in [6.07, 6.45) is 0.919. The molecule has 26 heavy (non-hydrogen) atoms. The summed E-state index contributed by atoms with van der Waals surface area (Å²) >= 11 is 3.40. The van der Waals surface area contributed by atoms with E-state index in [-0.39, 0.29) is 25.0 Å². The van der Waals surface area contributed by atoms with Gasteiger partial charge in [-0.1, -0.05) is 53.2 Å². The highest BCUT2D eigenvalue weighted by atomic mass is 79.9. The molecule has 0 saturated carbocycles. The SMILES string of the molecule is CC[C@H](NC(=O)COC(=O)Cc1ccc(C)c(C)c1)c1ccc(Br)cc1. The molecule has 0 fully saturated rings. The summed E-state index contributed by atoms with van der Waals surface area (Å²) in [5, 5.41) is 2.91. The molecular formula is C21H24BrNO3. The lowest BCUT2D eigenvalue weighted by molar-refractivity contribution is -0.148. The Morgan fingerprint density at radius 1 is 1.08 bits per heavy atom. The van der Waals surface area contributed by atoms with E-state index in [9.17, 15) is 9.59 Å². The van der Waals surface area contributed by atoms with Crippen LogP contribution >= 0.6 is 15.9 Å². The topological polar surface area (TPSA) is 55.4 Å². The average Bonchev–Trinajstić information content (AvgIpc) is 2.62. The molecule has 0 aliphatic carbocycles. The molecule has 1 N–H and O–H groups in total. The number of aryl methyl sites for hydroxylation is 2. The molecule has 0 heterocycles. The number of esters is 1. The van der Waals surface area contributed by atoms with Crippen LogP contribution in [-0.4, -0.2) is 18.5 Å². The minimum Gasteiger partial charge on any atom is -0.455 e. The molecule has 0 unspecified atom stereocenters. The maximum absolute atomic E-state index is 12.1. The monoisotopic (exact) mass is 417 g/mol. The Hall–Kier alpha value is -2.14. The minimum absolute atomic E-state index is 0.103. The minimum atomic E-state index is -0.403. The van der Waals surface area contributed by atoms with E-state index in [1.807, 2.05) is 63.2 Å². The van der Waals surface area contributed by atoms with Crippen LogP contribution in [-0.2, 0) is 20.7 Å². The van der Waals surface area contributed by atoms with Crippen molar-refractivity contribution in [1.82, 2.24) is 5.32 Å². The summed E-state index contributed by atoms with van der Waals surface area (Å²) in [5.74, 6) is -0.701. The molecule has 0 aliphatic rings. The van der Waals surface area contributed by atoms with Gasteiger partial charge in [-0.05, 0) is 54.7 Å². The van der Waals surface area contributed by atoms with E-state index in [4.69, 9.17) is 4.74 Å². The lowest BCUT2D eigenvalue weighted by Crippen LogP contribution is -2.32. The summed E-state index contributed by atoms with van der Waals surface area (Å²) < 4.78 is 6.11. The van der Waals surface area contributed by atoms with Gasteiger partial charge >= 0.3 is 5.97 Å². The number of ether oxygens (including phenoxy) is 1. The third kappa shape index (κ3) is 5.99. The zero-order valence-corrected chi connectivity index (χ0v) is 16.9. The lowest BCUT2D eigenvalue weighted by atomic mass is 10.0. The van der Waals surface area contributed by atoms with Crippen LogP contribution in [0.2, 0.25) is 0 Å². The first kappa shape index (κ1) is 20.2. The summed E-state index contributed by atoms with van der Waals surface area (Å²) in [5.41, 5.74) is 4.22. The molecule has 0 saturated heterocycles. The van der Waals surface area contributed by atoms with Gasteiger partial charge in [-0.25, -0.2) is 0 Å². The van der Waals surface area contributed by atoms with Gasteiger partial charge in [0.15, 0.2) is 6.61 Å². The highest BCUT2D eigenvalue weighted by Crippen LogP contribution is 2.19. The van der Waals surface area contributed by atoms with Gasteiger partial charge in [0.1, 0.15) is 0 Å². The second-order valence-corrected chi connectivity index (χ2v) is 7.25. The number of carbonyl (C=O) groups excluding carboxylic acids is 2. The molecule has 0 radical (unpaired) electrons. The number of amides is 1. The smallest absolute Gasteiger partial charge is 0.310 e. The molecule has 0 aliphatic heterocycles. The number of benzene rings is 2. The Morgan fingerprint density at radius 3 is 2.38 bits per heavy atom. The Bertz CT molecular complexity index is 771. The van der Waals surface area contributed by atoms with Crippen molar-refractivity contribution in [2.24, 2.45) is 0 Å². The Labute approximate surface area is 163 Å². The summed E-state index contributed by atoms with van der Waals surface area (Å²) in [6.45, 7) is 5.76. The quantitative estimate of drug-likeness (QED) is 0.678. The standard InChI is InChI=1S/C21H24BrNO3/c1-4-19(17-7-9-18(22)10-8-17)23-20(24)13-26-21(25)12-16-6-5-14(2)15(3)11-16/h5-11,19H,4,12-13H2,1-3H3,(H,23,24)/t19-/m0/s1. The van der Waals surface area contributed by atoms with E-state index in [1.165, 1.54) is 5.56 Å². The second-order valence-electron chi connectivity index (χ2n) is 6.34. The van der Waals surface area contributed by atoms with Gasteiger partial charge in [-0.15, -0.1) is 0 Å².